The number of alkyl halides is 3. The Hall–Kier alpha value is -4.74. The minimum atomic E-state index is -5.29. The second-order valence-electron chi connectivity index (χ2n) is 11.2. The Balaban J connectivity index is 1.41. The number of fused-ring (bicyclic) bond motifs is 1. The topological polar surface area (TPSA) is 145 Å². The van der Waals surface area contributed by atoms with E-state index in [1.807, 2.05) is 6.07 Å². The predicted octanol–water partition coefficient (Wildman–Crippen LogP) is 2.33. The Morgan fingerprint density at radius 3 is 2.59 bits per heavy atom. The van der Waals surface area contributed by atoms with Gasteiger partial charge in [-0.15, -0.1) is 0 Å². The third-order valence-electron chi connectivity index (χ3n) is 8.05. The monoisotopic (exact) mass is 616 g/mol. The van der Waals surface area contributed by atoms with Crippen molar-refractivity contribution in [3.8, 4) is 11.8 Å². The van der Waals surface area contributed by atoms with Gasteiger partial charge < -0.3 is 25.2 Å². The minimum absolute atomic E-state index is 0.0452. The quantitative estimate of drug-likeness (QED) is 0.433. The summed E-state index contributed by atoms with van der Waals surface area (Å²) in [5, 5.41) is 14.3. The molecule has 15 heteroatoms. The molecule has 2 fully saturated rings. The molecule has 1 saturated carbocycles. The van der Waals surface area contributed by atoms with Crippen LogP contribution in [0.2, 0.25) is 0 Å². The molecule has 4 atom stereocenters. The number of hydrogen-bond donors (Lipinski definition) is 2. The number of nitrogens with one attached hydrogen (secondary N) is 2. The third kappa shape index (κ3) is 6.29. The number of rotatable bonds is 8. The van der Waals surface area contributed by atoms with E-state index in [-0.39, 0.29) is 42.4 Å². The van der Waals surface area contributed by atoms with Crippen molar-refractivity contribution in [3.63, 3.8) is 0 Å². The van der Waals surface area contributed by atoms with Gasteiger partial charge in [-0.25, -0.2) is 9.37 Å². The number of pyridine rings is 1. The van der Waals surface area contributed by atoms with Crippen LogP contribution in [0.4, 0.5) is 23.4 Å². The summed E-state index contributed by atoms with van der Waals surface area (Å²) >= 11 is 0. The number of amides is 4. The number of hydrogen-bond acceptors (Lipinski definition) is 7. The summed E-state index contributed by atoms with van der Waals surface area (Å²) in [6.07, 6.45) is -2.74. The van der Waals surface area contributed by atoms with E-state index in [1.54, 1.807) is 17.4 Å². The van der Waals surface area contributed by atoms with E-state index in [4.69, 9.17) is 4.74 Å². The van der Waals surface area contributed by atoms with Gasteiger partial charge in [0.05, 0.1) is 12.6 Å². The number of aromatic nitrogens is 1. The van der Waals surface area contributed by atoms with Gasteiger partial charge in [0.2, 0.25) is 17.4 Å². The van der Waals surface area contributed by atoms with E-state index in [9.17, 15) is 42.0 Å². The third-order valence-corrected chi connectivity index (χ3v) is 8.05. The maximum absolute atomic E-state index is 14.1. The fraction of sp³-hybridized carbons (Fsp3) is 0.448. The van der Waals surface area contributed by atoms with Crippen molar-refractivity contribution in [2.75, 3.05) is 18.9 Å². The molecule has 3 aliphatic rings. The standard InChI is InChI=1S/C29H28F4N6O5/c1-38(24(40)20(36-27(43)29(31,32)33)11-16-6-8-18(30)9-7-16)21(12-17-4-5-17)25(41)39-15-28(13-19(39)14-34)26(42)37-23-22(44-28)3-2-10-35-23/h2-3,6-10,17,19-21H,4-5,11-13,15H2,1H3,(H,36,43)(H,35,37,42)/t19-,20+,21-,28+/m0/s1. The van der Waals surface area contributed by atoms with Crippen LogP contribution in [0.15, 0.2) is 42.6 Å². The Morgan fingerprint density at radius 2 is 1.95 bits per heavy atom. The van der Waals surface area contributed by atoms with E-state index in [1.165, 1.54) is 25.4 Å². The van der Waals surface area contributed by atoms with Crippen molar-refractivity contribution in [1.29, 1.82) is 5.26 Å². The summed E-state index contributed by atoms with van der Waals surface area (Å²) in [6.45, 7) is -0.322. The number of nitriles is 1. The SMILES string of the molecule is CN(C(=O)[C@@H](Cc1ccc(F)cc1)NC(=O)C(F)(F)F)[C@@H](CC1CC1)C(=O)N1C[C@@]2(C[C@H]1C#N)Oc1cccnc1NC2=O. The van der Waals surface area contributed by atoms with Crippen LogP contribution < -0.4 is 15.4 Å². The van der Waals surface area contributed by atoms with Crippen LogP contribution in [-0.2, 0) is 25.6 Å². The number of carbonyl (C=O) groups excluding carboxylic acids is 4. The molecule has 1 aromatic carbocycles. The highest BCUT2D eigenvalue weighted by Gasteiger charge is 2.57. The van der Waals surface area contributed by atoms with Gasteiger partial charge in [-0.1, -0.05) is 25.0 Å². The molecule has 4 amide bonds. The molecule has 44 heavy (non-hydrogen) atoms. The van der Waals surface area contributed by atoms with Gasteiger partial charge in [0, 0.05) is 26.1 Å². The van der Waals surface area contributed by atoms with Gasteiger partial charge in [-0.3, -0.25) is 19.2 Å². The highest BCUT2D eigenvalue weighted by Crippen LogP contribution is 2.41. The summed E-state index contributed by atoms with van der Waals surface area (Å²) in [6, 6.07) is 5.77. The van der Waals surface area contributed by atoms with E-state index in [0.29, 0.717) is 0 Å². The normalized spacial score (nSPS) is 22.2. The van der Waals surface area contributed by atoms with E-state index in [2.05, 4.69) is 10.3 Å². The molecule has 0 unspecified atom stereocenters. The average Bonchev–Trinajstić information content (AvgIpc) is 3.74. The second kappa shape index (κ2) is 11.7. The highest BCUT2D eigenvalue weighted by molar-refractivity contribution is 6.01. The zero-order valence-corrected chi connectivity index (χ0v) is 23.4. The fourth-order valence-electron chi connectivity index (χ4n) is 5.48. The first kappa shape index (κ1) is 30.7. The lowest BCUT2D eigenvalue weighted by Gasteiger charge is -2.35. The van der Waals surface area contributed by atoms with Crippen molar-refractivity contribution < 1.29 is 41.5 Å². The summed E-state index contributed by atoms with van der Waals surface area (Å²) < 4.78 is 59.0. The second-order valence-corrected chi connectivity index (χ2v) is 11.2. The van der Waals surface area contributed by atoms with Crippen molar-refractivity contribution in [2.24, 2.45) is 5.92 Å². The lowest BCUT2D eigenvalue weighted by molar-refractivity contribution is -0.175. The van der Waals surface area contributed by atoms with Crippen LogP contribution in [0.3, 0.4) is 0 Å². The van der Waals surface area contributed by atoms with Gasteiger partial charge >= 0.3 is 12.1 Å². The Kier molecular flexibility index (Phi) is 8.19. The van der Waals surface area contributed by atoms with Crippen LogP contribution in [0, 0.1) is 23.1 Å². The molecular weight excluding hydrogens is 588 g/mol. The summed E-state index contributed by atoms with van der Waals surface area (Å²) in [5.41, 5.74) is -1.34. The molecule has 232 valence electrons. The number of likely N-dealkylation sites (N-methyl/N-ethyl adjacent to an activating group) is 1. The molecule has 3 heterocycles. The first-order chi connectivity index (χ1) is 20.8. The molecular formula is C29H28F4N6O5. The molecule has 0 bridgehead atoms. The van der Waals surface area contributed by atoms with Crippen LogP contribution in [0.25, 0.3) is 0 Å². The van der Waals surface area contributed by atoms with Gasteiger partial charge in [0.15, 0.2) is 11.6 Å². The Morgan fingerprint density at radius 1 is 1.25 bits per heavy atom. The first-order valence-electron chi connectivity index (χ1n) is 13.9. The van der Waals surface area contributed by atoms with Gasteiger partial charge in [0.1, 0.15) is 23.9 Å². The molecule has 2 aromatic rings. The zero-order chi connectivity index (χ0) is 31.8. The fourth-order valence-corrected chi connectivity index (χ4v) is 5.48. The minimum Gasteiger partial charge on any atom is -0.472 e. The highest BCUT2D eigenvalue weighted by atomic mass is 19.4. The van der Waals surface area contributed by atoms with Gasteiger partial charge in [-0.05, 0) is 42.2 Å². The van der Waals surface area contributed by atoms with Crippen LogP contribution in [0.1, 0.15) is 31.2 Å². The van der Waals surface area contributed by atoms with Crippen molar-refractivity contribution >= 4 is 29.4 Å². The van der Waals surface area contributed by atoms with Crippen LogP contribution in [0.5, 0.6) is 5.75 Å². The summed E-state index contributed by atoms with van der Waals surface area (Å²) in [4.78, 5) is 59.0. The summed E-state index contributed by atoms with van der Waals surface area (Å²) in [5.74, 6) is -4.74. The number of halogens is 4. The van der Waals surface area contributed by atoms with Crippen molar-refractivity contribution in [1.82, 2.24) is 20.1 Å². The number of nitrogens with zero attached hydrogens (tertiary/aromatic N) is 4. The Labute approximate surface area is 249 Å². The molecule has 0 radical (unpaired) electrons. The van der Waals surface area contributed by atoms with Crippen LogP contribution in [-0.4, -0.2) is 81.9 Å². The molecule has 11 nitrogen and oxygen atoms in total. The molecule has 5 rings (SSSR count). The number of benzene rings is 1. The molecule has 2 N–H and O–H groups in total. The average molecular weight is 617 g/mol. The molecule has 1 aliphatic carbocycles. The van der Waals surface area contributed by atoms with Crippen molar-refractivity contribution in [3.05, 3.63) is 54.0 Å². The van der Waals surface area contributed by atoms with E-state index in [0.717, 1.165) is 34.8 Å². The number of carbonyl (C=O) groups is 4. The first-order valence-corrected chi connectivity index (χ1v) is 13.9. The molecule has 1 aromatic heterocycles. The Bertz CT molecular complexity index is 1510. The van der Waals surface area contributed by atoms with Crippen molar-refractivity contribution in [2.45, 2.75) is 62.0 Å². The zero-order valence-electron chi connectivity index (χ0n) is 23.4. The lowest BCUT2D eigenvalue weighted by atomic mass is 9.97. The number of likely N-dealkylation sites (tertiary alicyclic amines) is 1. The largest absolute Gasteiger partial charge is 0.472 e. The maximum Gasteiger partial charge on any atom is 0.471 e. The van der Waals surface area contributed by atoms with Gasteiger partial charge in [0.25, 0.3) is 5.91 Å². The molecule has 1 spiro atoms. The maximum atomic E-state index is 14.1. The predicted molar refractivity (Wildman–Crippen MR) is 144 cm³/mol. The smallest absolute Gasteiger partial charge is 0.471 e. The number of anilines is 1. The number of ether oxygens (including phenoxy) is 1. The van der Waals surface area contributed by atoms with E-state index >= 15 is 0 Å². The van der Waals surface area contributed by atoms with E-state index < -0.39 is 65.8 Å². The lowest BCUT2D eigenvalue weighted by Crippen LogP contribution is -2.58. The summed E-state index contributed by atoms with van der Waals surface area (Å²) in [7, 11) is 1.24. The van der Waals surface area contributed by atoms with Crippen LogP contribution >= 0.6 is 0 Å². The molecule has 2 aliphatic heterocycles. The molecule has 1 saturated heterocycles. The van der Waals surface area contributed by atoms with Gasteiger partial charge in [-0.2, -0.15) is 18.4 Å².